The monoisotopic (exact) mass is 496 g/mol. The van der Waals surface area contributed by atoms with Crippen LogP contribution in [-0.2, 0) is 11.8 Å². The standard InChI is InChI=1S/C30H29FN4S/c1-30(2,3)27-24(22-12-7-13-23(31)19-22)25-26(36-27)29(33-16-8-11-20-9-5-4-6-10-20)35-28(34-25)21-14-17-32-18-15-21/h4-7,9-10,12-15,17-19H,8,11,16H2,1-3H3,(H,33,34,35). The molecule has 0 bridgehead atoms. The van der Waals surface area contributed by atoms with Crippen molar-refractivity contribution in [3.63, 3.8) is 0 Å². The van der Waals surface area contributed by atoms with Crippen LogP contribution in [0.3, 0.4) is 0 Å². The minimum atomic E-state index is -0.255. The second kappa shape index (κ2) is 10.2. The van der Waals surface area contributed by atoms with Crippen LogP contribution in [0.5, 0.6) is 0 Å². The van der Waals surface area contributed by atoms with Gasteiger partial charge in [0.15, 0.2) is 5.82 Å². The summed E-state index contributed by atoms with van der Waals surface area (Å²) in [5.41, 5.74) is 4.74. The number of hydrogen-bond acceptors (Lipinski definition) is 5. The first-order valence-electron chi connectivity index (χ1n) is 12.2. The van der Waals surface area contributed by atoms with E-state index in [-0.39, 0.29) is 11.2 Å². The summed E-state index contributed by atoms with van der Waals surface area (Å²) in [5, 5.41) is 3.59. The van der Waals surface area contributed by atoms with Gasteiger partial charge in [-0.3, -0.25) is 4.98 Å². The molecule has 0 saturated carbocycles. The minimum absolute atomic E-state index is 0.144. The van der Waals surface area contributed by atoms with E-state index >= 15 is 0 Å². The average molecular weight is 497 g/mol. The third kappa shape index (κ3) is 5.14. The molecule has 0 fully saturated rings. The third-order valence-corrected chi connectivity index (χ3v) is 7.66. The number of anilines is 1. The van der Waals surface area contributed by atoms with Gasteiger partial charge in [0.2, 0.25) is 0 Å². The van der Waals surface area contributed by atoms with Gasteiger partial charge in [0.05, 0.1) is 10.2 Å². The molecule has 0 saturated heterocycles. The van der Waals surface area contributed by atoms with Crippen LogP contribution >= 0.6 is 11.3 Å². The highest BCUT2D eigenvalue weighted by Crippen LogP contribution is 2.46. The molecular formula is C30H29FN4S. The Bertz CT molecular complexity index is 1470. The van der Waals surface area contributed by atoms with Gasteiger partial charge in [0.1, 0.15) is 11.6 Å². The number of nitrogens with zero attached hydrogens (tertiary/aromatic N) is 3. The second-order valence-electron chi connectivity index (χ2n) is 9.89. The first-order valence-corrected chi connectivity index (χ1v) is 13.0. The molecule has 0 radical (unpaired) electrons. The summed E-state index contributed by atoms with van der Waals surface area (Å²) in [6, 6.07) is 21.1. The van der Waals surface area contributed by atoms with E-state index in [9.17, 15) is 4.39 Å². The Morgan fingerprint density at radius 1 is 0.889 bits per heavy atom. The van der Waals surface area contributed by atoms with Gasteiger partial charge < -0.3 is 5.32 Å². The molecule has 36 heavy (non-hydrogen) atoms. The molecule has 2 aromatic carbocycles. The number of benzene rings is 2. The van der Waals surface area contributed by atoms with Crippen molar-refractivity contribution in [1.29, 1.82) is 0 Å². The van der Waals surface area contributed by atoms with Crippen LogP contribution < -0.4 is 5.32 Å². The number of aromatic nitrogens is 3. The molecule has 5 aromatic rings. The molecule has 0 aliphatic rings. The highest BCUT2D eigenvalue weighted by molar-refractivity contribution is 7.20. The zero-order valence-corrected chi connectivity index (χ0v) is 21.6. The lowest BCUT2D eigenvalue weighted by Crippen LogP contribution is -2.10. The topological polar surface area (TPSA) is 50.7 Å². The lowest BCUT2D eigenvalue weighted by atomic mass is 9.89. The lowest BCUT2D eigenvalue weighted by molar-refractivity contribution is 0.605. The summed E-state index contributed by atoms with van der Waals surface area (Å²) in [5.74, 6) is 1.19. The summed E-state index contributed by atoms with van der Waals surface area (Å²) < 4.78 is 15.3. The van der Waals surface area contributed by atoms with Crippen molar-refractivity contribution in [2.75, 3.05) is 11.9 Å². The van der Waals surface area contributed by atoms with E-state index in [1.807, 2.05) is 24.3 Å². The normalized spacial score (nSPS) is 11.7. The van der Waals surface area contributed by atoms with Crippen molar-refractivity contribution in [2.24, 2.45) is 0 Å². The highest BCUT2D eigenvalue weighted by Gasteiger charge is 2.27. The molecule has 4 nitrogen and oxygen atoms in total. The summed E-state index contributed by atoms with van der Waals surface area (Å²) in [4.78, 5) is 15.3. The molecule has 0 unspecified atom stereocenters. The Morgan fingerprint density at radius 2 is 1.67 bits per heavy atom. The van der Waals surface area contributed by atoms with E-state index < -0.39 is 0 Å². The van der Waals surface area contributed by atoms with E-state index in [2.05, 4.69) is 55.3 Å². The van der Waals surface area contributed by atoms with Crippen molar-refractivity contribution < 1.29 is 4.39 Å². The van der Waals surface area contributed by atoms with Crippen molar-refractivity contribution in [3.8, 4) is 22.5 Å². The number of halogens is 1. The number of thiophene rings is 1. The quantitative estimate of drug-likeness (QED) is 0.233. The molecule has 0 atom stereocenters. The molecule has 0 aliphatic heterocycles. The first kappa shape index (κ1) is 24.1. The molecule has 1 N–H and O–H groups in total. The van der Waals surface area contributed by atoms with E-state index in [1.54, 1.807) is 35.9 Å². The second-order valence-corrected chi connectivity index (χ2v) is 10.9. The van der Waals surface area contributed by atoms with E-state index in [4.69, 9.17) is 9.97 Å². The molecule has 0 aliphatic carbocycles. The molecule has 3 aromatic heterocycles. The third-order valence-electron chi connectivity index (χ3n) is 6.04. The van der Waals surface area contributed by atoms with E-state index in [0.717, 1.165) is 57.0 Å². The van der Waals surface area contributed by atoms with Gasteiger partial charge in [-0.25, -0.2) is 14.4 Å². The molecule has 0 amide bonds. The van der Waals surface area contributed by atoms with Crippen molar-refractivity contribution >= 4 is 27.4 Å². The Labute approximate surface area is 215 Å². The minimum Gasteiger partial charge on any atom is -0.369 e. The van der Waals surface area contributed by atoms with Crippen LogP contribution in [0.2, 0.25) is 0 Å². The maximum absolute atomic E-state index is 14.3. The van der Waals surface area contributed by atoms with Gasteiger partial charge in [-0.1, -0.05) is 63.2 Å². The highest BCUT2D eigenvalue weighted by atomic mass is 32.1. The number of fused-ring (bicyclic) bond motifs is 1. The average Bonchev–Trinajstić information content (AvgIpc) is 3.28. The van der Waals surface area contributed by atoms with Crippen LogP contribution in [0, 0.1) is 5.82 Å². The van der Waals surface area contributed by atoms with Crippen LogP contribution in [-0.4, -0.2) is 21.5 Å². The SMILES string of the molecule is CC(C)(C)c1sc2c(NCCCc3ccccc3)nc(-c3ccncc3)nc2c1-c1cccc(F)c1. The lowest BCUT2D eigenvalue weighted by Gasteiger charge is -2.19. The number of rotatable bonds is 7. The molecule has 3 heterocycles. The van der Waals surface area contributed by atoms with Crippen LogP contribution in [0.4, 0.5) is 10.2 Å². The van der Waals surface area contributed by atoms with Gasteiger partial charge in [-0.15, -0.1) is 11.3 Å². The molecule has 0 spiro atoms. The van der Waals surface area contributed by atoms with E-state index in [1.165, 1.54) is 11.6 Å². The number of aryl methyl sites for hydroxylation is 1. The summed E-state index contributed by atoms with van der Waals surface area (Å²) >= 11 is 1.69. The predicted molar refractivity (Wildman–Crippen MR) is 148 cm³/mol. The largest absolute Gasteiger partial charge is 0.369 e. The molecular weight excluding hydrogens is 467 g/mol. The fourth-order valence-electron chi connectivity index (χ4n) is 4.31. The van der Waals surface area contributed by atoms with Gasteiger partial charge in [-0.05, 0) is 53.6 Å². The number of nitrogens with one attached hydrogen (secondary N) is 1. The Morgan fingerprint density at radius 3 is 2.39 bits per heavy atom. The molecule has 182 valence electrons. The van der Waals surface area contributed by atoms with Gasteiger partial charge in [0.25, 0.3) is 0 Å². The van der Waals surface area contributed by atoms with Crippen molar-refractivity contribution in [2.45, 2.75) is 39.0 Å². The fraction of sp³-hybridized carbons (Fsp3) is 0.233. The van der Waals surface area contributed by atoms with Crippen molar-refractivity contribution in [3.05, 3.63) is 95.4 Å². The smallest absolute Gasteiger partial charge is 0.162 e. The number of pyridine rings is 1. The van der Waals surface area contributed by atoms with Gasteiger partial charge in [0, 0.05) is 34.9 Å². The Balaban J connectivity index is 1.62. The van der Waals surface area contributed by atoms with Crippen LogP contribution in [0.1, 0.15) is 37.6 Å². The Hall–Kier alpha value is -3.64. The molecule has 5 rings (SSSR count). The zero-order chi connectivity index (χ0) is 25.1. The maximum Gasteiger partial charge on any atom is 0.162 e. The van der Waals surface area contributed by atoms with Crippen LogP contribution in [0.25, 0.3) is 32.7 Å². The van der Waals surface area contributed by atoms with Gasteiger partial charge >= 0.3 is 0 Å². The summed E-state index contributed by atoms with van der Waals surface area (Å²) in [6.45, 7) is 7.34. The predicted octanol–water partition coefficient (Wildman–Crippen LogP) is 7.90. The summed E-state index contributed by atoms with van der Waals surface area (Å²) in [6.07, 6.45) is 5.47. The summed E-state index contributed by atoms with van der Waals surface area (Å²) in [7, 11) is 0. The number of hydrogen-bond donors (Lipinski definition) is 1. The Kier molecular flexibility index (Phi) is 6.79. The molecule has 6 heteroatoms. The van der Waals surface area contributed by atoms with Crippen LogP contribution in [0.15, 0.2) is 79.1 Å². The fourth-order valence-corrected chi connectivity index (χ4v) is 5.60. The maximum atomic E-state index is 14.3. The first-order chi connectivity index (χ1) is 17.4. The van der Waals surface area contributed by atoms with Gasteiger partial charge in [-0.2, -0.15) is 0 Å². The van der Waals surface area contributed by atoms with E-state index in [0.29, 0.717) is 5.82 Å². The zero-order valence-electron chi connectivity index (χ0n) is 20.8. The van der Waals surface area contributed by atoms with Crippen molar-refractivity contribution in [1.82, 2.24) is 15.0 Å².